The number of morpholine rings is 1. The first kappa shape index (κ1) is 21.6. The molecule has 2 heterocycles. The van der Waals surface area contributed by atoms with Crippen molar-refractivity contribution in [3.05, 3.63) is 64.2 Å². The first-order chi connectivity index (χ1) is 15.6. The van der Waals surface area contributed by atoms with Crippen molar-refractivity contribution in [2.75, 3.05) is 39.5 Å². The van der Waals surface area contributed by atoms with E-state index in [1.165, 1.54) is 0 Å². The number of rotatable bonds is 7. The van der Waals surface area contributed by atoms with Crippen molar-refractivity contribution in [2.24, 2.45) is 0 Å². The lowest BCUT2D eigenvalue weighted by Crippen LogP contribution is -2.43. The van der Waals surface area contributed by atoms with Crippen molar-refractivity contribution in [1.82, 2.24) is 14.9 Å². The fourth-order valence-corrected chi connectivity index (χ4v) is 3.42. The molecule has 1 N–H and O–H groups in total. The topological polar surface area (TPSA) is 93.8 Å². The van der Waals surface area contributed by atoms with Gasteiger partial charge in [-0.05, 0) is 42.8 Å². The average molecular weight is 435 g/mol. The predicted molar refractivity (Wildman–Crippen MR) is 122 cm³/mol. The molecule has 0 bridgehead atoms. The summed E-state index contributed by atoms with van der Waals surface area (Å²) in [5, 5.41) is 0.552. The van der Waals surface area contributed by atoms with Gasteiger partial charge in [0.15, 0.2) is 18.1 Å². The molecule has 0 radical (unpaired) electrons. The third-order valence-electron chi connectivity index (χ3n) is 5.05. The molecule has 32 heavy (non-hydrogen) atoms. The first-order valence-corrected chi connectivity index (χ1v) is 10.6. The van der Waals surface area contributed by atoms with Gasteiger partial charge in [0.05, 0.1) is 30.7 Å². The second kappa shape index (κ2) is 10.1. The van der Waals surface area contributed by atoms with E-state index in [1.807, 2.05) is 37.3 Å². The number of carbonyl (C=O) groups is 1. The van der Waals surface area contributed by atoms with Gasteiger partial charge in [0, 0.05) is 13.1 Å². The molecule has 3 aromatic rings. The molecule has 1 aliphatic rings. The summed E-state index contributed by atoms with van der Waals surface area (Å²) in [5.74, 6) is 1.43. The van der Waals surface area contributed by atoms with Crippen LogP contribution in [0.3, 0.4) is 0 Å². The summed E-state index contributed by atoms with van der Waals surface area (Å²) in [6, 6.07) is 12.7. The Morgan fingerprint density at radius 2 is 1.94 bits per heavy atom. The highest BCUT2D eigenvalue weighted by Gasteiger charge is 2.18. The quantitative estimate of drug-likeness (QED) is 0.613. The van der Waals surface area contributed by atoms with Gasteiger partial charge in [0.25, 0.3) is 11.5 Å². The van der Waals surface area contributed by atoms with E-state index in [0.717, 1.165) is 5.56 Å². The summed E-state index contributed by atoms with van der Waals surface area (Å²) >= 11 is 0. The van der Waals surface area contributed by atoms with Gasteiger partial charge in [-0.1, -0.05) is 24.3 Å². The zero-order chi connectivity index (χ0) is 22.3. The maximum atomic E-state index is 12.3. The van der Waals surface area contributed by atoms with E-state index in [0.29, 0.717) is 61.1 Å². The Bertz CT molecular complexity index is 1180. The number of para-hydroxylation sites is 1. The fourth-order valence-electron chi connectivity index (χ4n) is 3.42. The van der Waals surface area contributed by atoms with Crippen LogP contribution in [0.2, 0.25) is 0 Å². The number of carbonyl (C=O) groups excluding carboxylic acids is 1. The van der Waals surface area contributed by atoms with Crippen LogP contribution in [0.1, 0.15) is 18.3 Å². The Morgan fingerprint density at radius 3 is 2.75 bits per heavy atom. The largest absolute Gasteiger partial charge is 0.490 e. The summed E-state index contributed by atoms with van der Waals surface area (Å²) in [6.07, 6.45) is 3.57. The lowest BCUT2D eigenvalue weighted by Gasteiger charge is -2.26. The second-order valence-corrected chi connectivity index (χ2v) is 7.22. The Balaban J connectivity index is 1.48. The zero-order valence-corrected chi connectivity index (χ0v) is 17.9. The van der Waals surface area contributed by atoms with Crippen LogP contribution in [-0.4, -0.2) is 60.3 Å². The molecule has 0 unspecified atom stereocenters. The van der Waals surface area contributed by atoms with Crippen molar-refractivity contribution in [3.63, 3.8) is 0 Å². The third kappa shape index (κ3) is 5.15. The number of aromatic amines is 1. The van der Waals surface area contributed by atoms with E-state index in [-0.39, 0.29) is 18.1 Å². The molecule has 0 spiro atoms. The van der Waals surface area contributed by atoms with Crippen LogP contribution >= 0.6 is 0 Å². The highest BCUT2D eigenvalue weighted by molar-refractivity contribution is 5.79. The van der Waals surface area contributed by atoms with Crippen LogP contribution in [0.25, 0.3) is 23.1 Å². The molecule has 1 saturated heterocycles. The van der Waals surface area contributed by atoms with E-state index in [1.54, 1.807) is 29.2 Å². The molecule has 1 fully saturated rings. The molecule has 8 heteroatoms. The monoisotopic (exact) mass is 435 g/mol. The molecule has 1 aliphatic heterocycles. The van der Waals surface area contributed by atoms with Gasteiger partial charge in [-0.3, -0.25) is 9.59 Å². The Labute approximate surface area is 185 Å². The maximum absolute atomic E-state index is 12.3. The molecule has 0 atom stereocenters. The number of nitrogens with one attached hydrogen (secondary N) is 1. The Hall–Kier alpha value is -3.65. The molecule has 0 saturated carbocycles. The number of fused-ring (bicyclic) bond motifs is 1. The molecule has 4 rings (SSSR count). The number of hydrogen-bond acceptors (Lipinski definition) is 6. The number of benzene rings is 2. The van der Waals surface area contributed by atoms with Crippen molar-refractivity contribution in [2.45, 2.75) is 6.92 Å². The van der Waals surface area contributed by atoms with Gasteiger partial charge in [-0.25, -0.2) is 4.98 Å². The minimum Gasteiger partial charge on any atom is -0.490 e. The van der Waals surface area contributed by atoms with E-state index < -0.39 is 0 Å². The van der Waals surface area contributed by atoms with Crippen molar-refractivity contribution < 1.29 is 19.0 Å². The van der Waals surface area contributed by atoms with Gasteiger partial charge < -0.3 is 24.1 Å². The van der Waals surface area contributed by atoms with Gasteiger partial charge in [0.1, 0.15) is 5.82 Å². The van der Waals surface area contributed by atoms with E-state index in [4.69, 9.17) is 14.2 Å². The minimum atomic E-state index is -0.182. The maximum Gasteiger partial charge on any atom is 0.260 e. The first-order valence-electron chi connectivity index (χ1n) is 10.6. The summed E-state index contributed by atoms with van der Waals surface area (Å²) < 4.78 is 16.7. The summed E-state index contributed by atoms with van der Waals surface area (Å²) in [6.45, 7) is 4.54. The molecular weight excluding hydrogens is 410 g/mol. The second-order valence-electron chi connectivity index (χ2n) is 7.22. The number of aromatic nitrogens is 2. The lowest BCUT2D eigenvalue weighted by molar-refractivity contribution is -0.137. The van der Waals surface area contributed by atoms with Crippen LogP contribution < -0.4 is 15.0 Å². The predicted octanol–water partition coefficient (Wildman–Crippen LogP) is 2.73. The molecule has 1 aromatic heterocycles. The van der Waals surface area contributed by atoms with Crippen LogP contribution in [0.4, 0.5) is 0 Å². The number of hydrogen-bond donors (Lipinski definition) is 1. The minimum absolute atomic E-state index is 0.0580. The molecule has 8 nitrogen and oxygen atoms in total. The van der Waals surface area contributed by atoms with Crippen LogP contribution in [-0.2, 0) is 9.53 Å². The van der Waals surface area contributed by atoms with Gasteiger partial charge in [0.2, 0.25) is 0 Å². The average Bonchev–Trinajstić information content (AvgIpc) is 2.83. The summed E-state index contributed by atoms with van der Waals surface area (Å²) in [7, 11) is 0. The highest BCUT2D eigenvalue weighted by Crippen LogP contribution is 2.29. The number of H-pyrrole nitrogens is 1. The van der Waals surface area contributed by atoms with E-state index in [2.05, 4.69) is 9.97 Å². The van der Waals surface area contributed by atoms with Gasteiger partial charge in [-0.2, -0.15) is 0 Å². The van der Waals surface area contributed by atoms with Gasteiger partial charge in [-0.15, -0.1) is 0 Å². The van der Waals surface area contributed by atoms with Gasteiger partial charge >= 0.3 is 0 Å². The molecule has 166 valence electrons. The summed E-state index contributed by atoms with van der Waals surface area (Å²) in [5.41, 5.74) is 1.30. The van der Waals surface area contributed by atoms with Crippen molar-refractivity contribution in [1.29, 1.82) is 0 Å². The third-order valence-corrected chi connectivity index (χ3v) is 5.05. The Kier molecular flexibility index (Phi) is 6.81. The normalized spacial score (nSPS) is 14.1. The van der Waals surface area contributed by atoms with E-state index in [9.17, 15) is 9.59 Å². The molecule has 2 aromatic carbocycles. The molecular formula is C24H25N3O5. The lowest BCUT2D eigenvalue weighted by atomic mass is 10.2. The zero-order valence-electron chi connectivity index (χ0n) is 17.9. The number of nitrogens with zero attached hydrogens (tertiary/aromatic N) is 2. The molecule has 0 aliphatic carbocycles. The highest BCUT2D eigenvalue weighted by atomic mass is 16.5. The SMILES string of the molecule is CCOc1cc(C=Cc2nc3ccccc3c(=O)[nH]2)ccc1OCC(=O)N1CCOCC1. The van der Waals surface area contributed by atoms with Crippen LogP contribution in [0.15, 0.2) is 47.3 Å². The van der Waals surface area contributed by atoms with Crippen LogP contribution in [0.5, 0.6) is 11.5 Å². The molecule has 1 amide bonds. The van der Waals surface area contributed by atoms with Crippen molar-refractivity contribution in [3.8, 4) is 11.5 Å². The van der Waals surface area contributed by atoms with Crippen molar-refractivity contribution >= 4 is 29.0 Å². The standard InChI is InChI=1S/C24H25N3O5/c1-2-31-21-15-17(7-9-20(21)32-16-23(28)27-11-13-30-14-12-27)8-10-22-25-19-6-4-3-5-18(19)24(29)26-22/h3-10,15H,2,11-14,16H2,1H3,(H,25,26,29). The number of amides is 1. The van der Waals surface area contributed by atoms with Crippen LogP contribution in [0, 0.1) is 0 Å². The van der Waals surface area contributed by atoms with E-state index >= 15 is 0 Å². The number of ether oxygens (including phenoxy) is 3. The fraction of sp³-hybridized carbons (Fsp3) is 0.292. The smallest absolute Gasteiger partial charge is 0.260 e. The Morgan fingerprint density at radius 1 is 1.12 bits per heavy atom. The summed E-state index contributed by atoms with van der Waals surface area (Å²) in [4.78, 5) is 33.6.